The molecule has 6 nitrogen and oxygen atoms in total. The van der Waals surface area contributed by atoms with Gasteiger partial charge in [0, 0.05) is 0 Å². The summed E-state index contributed by atoms with van der Waals surface area (Å²) < 4.78 is 0. The minimum absolute atomic E-state index is 0.275. The van der Waals surface area contributed by atoms with E-state index in [1.807, 2.05) is 0 Å². The van der Waals surface area contributed by atoms with Gasteiger partial charge in [0.25, 0.3) is 0 Å². The molecule has 0 aromatic rings. The Hall–Kier alpha value is 0.103. The Kier molecular flexibility index (Phi) is 7.46. The number of hydrogen-bond donors (Lipinski definition) is 4. The Labute approximate surface area is 94.1 Å². The predicted molar refractivity (Wildman–Crippen MR) is 59.8 cm³/mol. The van der Waals surface area contributed by atoms with Crippen LogP contribution in [0.3, 0.4) is 0 Å². The van der Waals surface area contributed by atoms with Crippen LogP contribution in [0.1, 0.15) is 0 Å². The molecule has 0 fully saturated rings. The summed E-state index contributed by atoms with van der Waals surface area (Å²) in [6.45, 7) is 0. The first-order chi connectivity index (χ1) is 6.45. The molecule has 0 rings (SSSR count). The van der Waals surface area contributed by atoms with Crippen molar-refractivity contribution in [2.45, 2.75) is 10.9 Å². The number of nitrogens with two attached hydrogens (primary N) is 2. The molecule has 0 amide bonds. The van der Waals surface area contributed by atoms with Crippen molar-refractivity contribution in [2.24, 2.45) is 11.5 Å². The quantitative estimate of drug-likeness (QED) is 0.247. The number of carboxylic acid groups (broad SMARTS) is 2. The van der Waals surface area contributed by atoms with Gasteiger partial charge in [-0.15, -0.1) is 0 Å². The Morgan fingerprint density at radius 1 is 1.29 bits per heavy atom. The van der Waals surface area contributed by atoms with Crippen molar-refractivity contribution < 1.29 is 19.8 Å². The predicted octanol–water partition coefficient (Wildman–Crippen LogP) is -1.77. The van der Waals surface area contributed by atoms with Crippen LogP contribution in [-0.4, -0.2) is 53.1 Å². The molecule has 0 saturated heterocycles. The van der Waals surface area contributed by atoms with Gasteiger partial charge in [0.15, 0.2) is 0 Å². The molecular weight excluding hydrogens is 289 g/mol. The molecule has 0 aromatic carbocycles. The molecule has 9 heteroatoms. The van der Waals surface area contributed by atoms with E-state index in [-0.39, 0.29) is 5.75 Å². The summed E-state index contributed by atoms with van der Waals surface area (Å²) in [5, 5.41) is 16.9. The molecule has 0 aliphatic carbocycles. The zero-order chi connectivity index (χ0) is 11.1. The van der Waals surface area contributed by atoms with Gasteiger partial charge in [-0.2, -0.15) is 0 Å². The number of hydrogen-bond acceptors (Lipinski definition) is 6. The van der Waals surface area contributed by atoms with Crippen LogP contribution < -0.4 is 11.5 Å². The van der Waals surface area contributed by atoms with Gasteiger partial charge in [0.2, 0.25) is 0 Å². The molecule has 0 bridgehead atoms. The molecule has 0 aliphatic rings. The third-order valence-electron chi connectivity index (χ3n) is 1.21. The molecule has 0 aliphatic heterocycles. The first kappa shape index (κ1) is 14.1. The van der Waals surface area contributed by atoms with Crippen LogP contribution in [0.25, 0.3) is 0 Å². The molecule has 2 atom stereocenters. The van der Waals surface area contributed by atoms with Crippen molar-refractivity contribution in [3.8, 4) is 0 Å². The standard InChI is InChI=1S/C5H12GeN2O4S2/c7-2(4(9)10)1-13-14-6-3(8)5(11)12/h2-3H,1,6-8H2,(H,9,10)(H,11,12)/t2-,3+/m0/s1. The van der Waals surface area contributed by atoms with Crippen molar-refractivity contribution in [3.05, 3.63) is 0 Å². The van der Waals surface area contributed by atoms with Gasteiger partial charge in [-0.1, -0.05) is 0 Å². The van der Waals surface area contributed by atoms with Crippen molar-refractivity contribution in [3.63, 3.8) is 0 Å². The summed E-state index contributed by atoms with van der Waals surface area (Å²) in [6.07, 6.45) is 0. The second-order valence-electron chi connectivity index (χ2n) is 2.46. The van der Waals surface area contributed by atoms with Crippen LogP contribution in [0.15, 0.2) is 0 Å². The second-order valence-corrected chi connectivity index (χ2v) is 13.4. The van der Waals surface area contributed by atoms with Crippen molar-refractivity contribution in [2.75, 3.05) is 5.75 Å². The molecule has 14 heavy (non-hydrogen) atoms. The summed E-state index contributed by atoms with van der Waals surface area (Å²) in [5.41, 5.74) is 10.5. The number of aliphatic carboxylic acids is 2. The van der Waals surface area contributed by atoms with Gasteiger partial charge >= 0.3 is 94.1 Å². The van der Waals surface area contributed by atoms with E-state index in [1.54, 1.807) is 0 Å². The topological polar surface area (TPSA) is 127 Å². The van der Waals surface area contributed by atoms with Crippen LogP contribution in [0, 0.1) is 0 Å². The van der Waals surface area contributed by atoms with E-state index in [4.69, 9.17) is 21.7 Å². The molecular formula is C5H12GeN2O4S2. The molecule has 0 saturated carbocycles. The average Bonchev–Trinajstić information content (AvgIpc) is 2.11. The Balaban J connectivity index is 3.47. The molecule has 0 aromatic heterocycles. The summed E-state index contributed by atoms with van der Waals surface area (Å²) in [6, 6.07) is -0.893. The third kappa shape index (κ3) is 6.54. The summed E-state index contributed by atoms with van der Waals surface area (Å²) in [4.78, 5) is 19.9. The van der Waals surface area contributed by atoms with Gasteiger partial charge in [0.1, 0.15) is 0 Å². The number of carbonyl (C=O) groups is 2. The van der Waals surface area contributed by atoms with Crippen LogP contribution in [0.2, 0.25) is 0 Å². The van der Waals surface area contributed by atoms with Gasteiger partial charge in [-0.05, 0) is 0 Å². The monoisotopic (exact) mass is 302 g/mol. The maximum atomic E-state index is 10.3. The Morgan fingerprint density at radius 2 is 1.86 bits per heavy atom. The van der Waals surface area contributed by atoms with E-state index in [2.05, 4.69) is 0 Å². The fourth-order valence-electron chi connectivity index (χ4n) is 0.385. The minimum atomic E-state index is -1.39. The van der Waals surface area contributed by atoms with Gasteiger partial charge < -0.3 is 0 Å². The zero-order valence-electron chi connectivity index (χ0n) is 7.25. The van der Waals surface area contributed by atoms with Crippen LogP contribution >= 0.6 is 19.9 Å². The Bertz CT molecular complexity index is 196. The van der Waals surface area contributed by atoms with Crippen LogP contribution in [0.4, 0.5) is 0 Å². The van der Waals surface area contributed by atoms with E-state index < -0.39 is 37.1 Å². The summed E-state index contributed by atoms with van der Waals surface area (Å²) in [7, 11) is 2.68. The van der Waals surface area contributed by atoms with E-state index in [0.717, 1.165) is 0 Å². The molecule has 6 N–H and O–H groups in total. The normalized spacial score (nSPS) is 15.6. The second kappa shape index (κ2) is 7.40. The summed E-state index contributed by atoms with van der Waals surface area (Å²) in [5.74, 6) is -1.76. The van der Waals surface area contributed by atoms with Gasteiger partial charge in [0.05, 0.1) is 0 Å². The molecule has 82 valence electrons. The number of carboxylic acids is 2. The fourth-order valence-corrected chi connectivity index (χ4v) is 9.91. The average molecular weight is 301 g/mol. The first-order valence-corrected chi connectivity index (χ1v) is 11.5. The van der Waals surface area contributed by atoms with Crippen molar-refractivity contribution in [1.82, 2.24) is 0 Å². The van der Waals surface area contributed by atoms with Gasteiger partial charge in [-0.25, -0.2) is 0 Å². The molecule has 0 radical (unpaired) electrons. The number of rotatable bonds is 7. The Morgan fingerprint density at radius 3 is 2.29 bits per heavy atom. The fraction of sp³-hybridized carbons (Fsp3) is 0.600. The van der Waals surface area contributed by atoms with E-state index in [9.17, 15) is 9.59 Å². The zero-order valence-corrected chi connectivity index (χ0v) is 11.9. The molecule has 0 unspecified atom stereocenters. The van der Waals surface area contributed by atoms with E-state index >= 15 is 0 Å². The maximum absolute atomic E-state index is 10.3. The third-order valence-corrected chi connectivity index (χ3v) is 12.4. The van der Waals surface area contributed by atoms with Crippen molar-refractivity contribution >= 4 is 46.1 Å². The van der Waals surface area contributed by atoms with E-state index in [0.29, 0.717) is 0 Å². The SMILES string of the molecule is N[C@@H](CS[S][GeH2][C@H](N)C(=O)O)C(=O)O. The first-order valence-electron chi connectivity index (χ1n) is 3.66. The molecule has 0 spiro atoms. The summed E-state index contributed by atoms with van der Waals surface area (Å²) >= 11 is -1.39. The van der Waals surface area contributed by atoms with Gasteiger partial charge in [-0.3, -0.25) is 0 Å². The van der Waals surface area contributed by atoms with Crippen LogP contribution in [-0.2, 0) is 9.59 Å². The van der Waals surface area contributed by atoms with E-state index in [1.165, 1.54) is 19.9 Å². The van der Waals surface area contributed by atoms with Crippen LogP contribution in [0.5, 0.6) is 0 Å². The van der Waals surface area contributed by atoms with Crippen molar-refractivity contribution in [1.29, 1.82) is 0 Å². The molecule has 0 heterocycles.